The molecule has 0 heterocycles. The maximum atomic E-state index is 11.5. The van der Waals surface area contributed by atoms with Gasteiger partial charge in [-0.15, -0.1) is 0 Å². The first kappa shape index (κ1) is 8.85. The SMILES string of the molecule is CCN(C)C(=O)NC1CC2CC2C1. The van der Waals surface area contributed by atoms with Crippen molar-refractivity contribution in [1.29, 1.82) is 0 Å². The van der Waals surface area contributed by atoms with Gasteiger partial charge in [0.25, 0.3) is 0 Å². The van der Waals surface area contributed by atoms with Crippen LogP contribution in [0.4, 0.5) is 4.79 Å². The zero-order chi connectivity index (χ0) is 9.42. The quantitative estimate of drug-likeness (QED) is 0.688. The normalized spacial score (nSPS) is 35.4. The molecule has 0 aliphatic heterocycles. The minimum Gasteiger partial charge on any atom is -0.335 e. The van der Waals surface area contributed by atoms with E-state index in [4.69, 9.17) is 0 Å². The molecule has 2 atom stereocenters. The van der Waals surface area contributed by atoms with Crippen LogP contribution in [0.1, 0.15) is 26.2 Å². The number of nitrogens with one attached hydrogen (secondary N) is 1. The van der Waals surface area contributed by atoms with Crippen molar-refractivity contribution >= 4 is 6.03 Å². The van der Waals surface area contributed by atoms with Crippen molar-refractivity contribution in [2.24, 2.45) is 11.8 Å². The highest BCUT2D eigenvalue weighted by atomic mass is 16.2. The van der Waals surface area contributed by atoms with Crippen molar-refractivity contribution in [2.45, 2.75) is 32.2 Å². The van der Waals surface area contributed by atoms with Gasteiger partial charge in [0.2, 0.25) is 0 Å². The van der Waals surface area contributed by atoms with Crippen molar-refractivity contribution in [3.63, 3.8) is 0 Å². The Kier molecular flexibility index (Phi) is 2.18. The molecule has 2 fully saturated rings. The van der Waals surface area contributed by atoms with Crippen LogP contribution < -0.4 is 5.32 Å². The maximum Gasteiger partial charge on any atom is 0.317 e. The van der Waals surface area contributed by atoms with Crippen LogP contribution in [0.3, 0.4) is 0 Å². The Bertz CT molecular complexity index is 207. The van der Waals surface area contributed by atoms with Crippen LogP contribution in [0.15, 0.2) is 0 Å². The molecular weight excluding hydrogens is 164 g/mol. The summed E-state index contributed by atoms with van der Waals surface area (Å²) in [5, 5.41) is 3.08. The number of nitrogens with zero attached hydrogens (tertiary/aromatic N) is 1. The summed E-state index contributed by atoms with van der Waals surface area (Å²) in [6, 6.07) is 0.555. The third-order valence-corrected chi connectivity index (χ3v) is 3.39. The van der Waals surface area contributed by atoms with E-state index in [9.17, 15) is 4.79 Å². The lowest BCUT2D eigenvalue weighted by molar-refractivity contribution is 0.206. The molecule has 2 saturated carbocycles. The fourth-order valence-corrected chi connectivity index (χ4v) is 2.26. The summed E-state index contributed by atoms with van der Waals surface area (Å²) in [6.45, 7) is 2.77. The number of carbonyl (C=O) groups is 1. The molecule has 2 aliphatic rings. The van der Waals surface area contributed by atoms with Gasteiger partial charge in [0, 0.05) is 19.6 Å². The summed E-state index contributed by atoms with van der Waals surface area (Å²) in [6.07, 6.45) is 3.85. The van der Waals surface area contributed by atoms with Crippen molar-refractivity contribution in [3.8, 4) is 0 Å². The second-order valence-corrected chi connectivity index (χ2v) is 4.39. The van der Waals surface area contributed by atoms with Crippen LogP contribution in [0.25, 0.3) is 0 Å². The topological polar surface area (TPSA) is 32.3 Å². The number of hydrogen-bond donors (Lipinski definition) is 1. The average Bonchev–Trinajstić information content (AvgIpc) is 2.73. The standard InChI is InChI=1S/C10H18N2O/c1-3-12(2)10(13)11-9-5-7-4-8(7)6-9/h7-9H,3-6H2,1-2H3,(H,11,13). The van der Waals surface area contributed by atoms with Crippen molar-refractivity contribution < 1.29 is 4.79 Å². The average molecular weight is 182 g/mol. The van der Waals surface area contributed by atoms with Crippen molar-refractivity contribution in [2.75, 3.05) is 13.6 Å². The van der Waals surface area contributed by atoms with E-state index >= 15 is 0 Å². The Morgan fingerprint density at radius 2 is 2.00 bits per heavy atom. The summed E-state index contributed by atoms with van der Waals surface area (Å²) in [4.78, 5) is 13.2. The van der Waals surface area contributed by atoms with Gasteiger partial charge in [-0.1, -0.05) is 0 Å². The van der Waals surface area contributed by atoms with Crippen LogP contribution in [-0.2, 0) is 0 Å². The fraction of sp³-hybridized carbons (Fsp3) is 0.900. The lowest BCUT2D eigenvalue weighted by Crippen LogP contribution is -2.42. The first-order valence-electron chi connectivity index (χ1n) is 5.22. The highest BCUT2D eigenvalue weighted by Crippen LogP contribution is 2.51. The number of rotatable bonds is 2. The van der Waals surface area contributed by atoms with E-state index in [0.717, 1.165) is 18.4 Å². The number of amides is 2. The molecule has 2 rings (SSSR count). The number of carbonyl (C=O) groups excluding carboxylic acids is 1. The summed E-state index contributed by atoms with van der Waals surface area (Å²) < 4.78 is 0. The van der Waals surface area contributed by atoms with Crippen LogP contribution in [0.2, 0.25) is 0 Å². The lowest BCUT2D eigenvalue weighted by atomic mass is 10.2. The van der Waals surface area contributed by atoms with Crippen molar-refractivity contribution in [1.82, 2.24) is 10.2 Å². The van der Waals surface area contributed by atoms with Gasteiger partial charge in [-0.2, -0.15) is 0 Å². The Morgan fingerprint density at radius 1 is 1.38 bits per heavy atom. The molecule has 0 aromatic rings. The van der Waals surface area contributed by atoms with E-state index < -0.39 is 0 Å². The minimum absolute atomic E-state index is 0.0915. The molecule has 1 N–H and O–H groups in total. The molecule has 2 unspecified atom stereocenters. The second-order valence-electron chi connectivity index (χ2n) is 4.39. The molecule has 0 bridgehead atoms. The van der Waals surface area contributed by atoms with E-state index in [0.29, 0.717) is 6.04 Å². The zero-order valence-corrected chi connectivity index (χ0v) is 8.42. The van der Waals surface area contributed by atoms with Crippen LogP contribution in [0, 0.1) is 11.8 Å². The molecule has 74 valence electrons. The molecular formula is C10H18N2O. The zero-order valence-electron chi connectivity index (χ0n) is 8.42. The lowest BCUT2D eigenvalue weighted by Gasteiger charge is -2.20. The first-order chi connectivity index (χ1) is 6.20. The van der Waals surface area contributed by atoms with Gasteiger partial charge in [0.05, 0.1) is 0 Å². The number of fused-ring (bicyclic) bond motifs is 1. The highest BCUT2D eigenvalue weighted by molar-refractivity contribution is 5.74. The van der Waals surface area contributed by atoms with E-state index in [1.165, 1.54) is 19.3 Å². The molecule has 0 saturated heterocycles. The Balaban J connectivity index is 1.75. The monoisotopic (exact) mass is 182 g/mol. The largest absolute Gasteiger partial charge is 0.335 e. The van der Waals surface area contributed by atoms with Gasteiger partial charge in [0.1, 0.15) is 0 Å². The van der Waals surface area contributed by atoms with Crippen LogP contribution >= 0.6 is 0 Å². The Hall–Kier alpha value is -0.730. The molecule has 13 heavy (non-hydrogen) atoms. The Labute approximate surface area is 79.5 Å². The van der Waals surface area contributed by atoms with Crippen molar-refractivity contribution in [3.05, 3.63) is 0 Å². The first-order valence-corrected chi connectivity index (χ1v) is 5.22. The third kappa shape index (κ3) is 1.79. The third-order valence-electron chi connectivity index (χ3n) is 3.39. The van der Waals surface area contributed by atoms with Gasteiger partial charge in [-0.25, -0.2) is 4.79 Å². The molecule has 2 aliphatic carbocycles. The molecule has 3 heteroatoms. The van der Waals surface area contributed by atoms with E-state index in [1.54, 1.807) is 4.90 Å². The van der Waals surface area contributed by atoms with Gasteiger partial charge >= 0.3 is 6.03 Å². The van der Waals surface area contributed by atoms with E-state index in [2.05, 4.69) is 5.32 Å². The molecule has 0 spiro atoms. The number of hydrogen-bond acceptors (Lipinski definition) is 1. The molecule has 0 radical (unpaired) electrons. The molecule has 0 aromatic carbocycles. The van der Waals surface area contributed by atoms with E-state index in [1.807, 2.05) is 14.0 Å². The summed E-state index contributed by atoms with van der Waals surface area (Å²) in [5.74, 6) is 1.88. The second kappa shape index (κ2) is 3.20. The summed E-state index contributed by atoms with van der Waals surface area (Å²) in [7, 11) is 1.84. The van der Waals surface area contributed by atoms with Gasteiger partial charge in [-0.05, 0) is 38.0 Å². The highest BCUT2D eigenvalue weighted by Gasteiger charge is 2.46. The maximum absolute atomic E-state index is 11.5. The Morgan fingerprint density at radius 3 is 2.54 bits per heavy atom. The predicted octanol–water partition coefficient (Wildman–Crippen LogP) is 1.45. The van der Waals surface area contributed by atoms with E-state index in [-0.39, 0.29) is 6.03 Å². The molecule has 2 amide bonds. The fourth-order valence-electron chi connectivity index (χ4n) is 2.26. The van der Waals surface area contributed by atoms with Crippen LogP contribution in [-0.4, -0.2) is 30.6 Å². The summed E-state index contributed by atoms with van der Waals surface area (Å²) in [5.41, 5.74) is 0. The predicted molar refractivity (Wildman–Crippen MR) is 51.5 cm³/mol. The number of urea groups is 1. The molecule has 0 aromatic heterocycles. The van der Waals surface area contributed by atoms with Gasteiger partial charge in [0.15, 0.2) is 0 Å². The molecule has 3 nitrogen and oxygen atoms in total. The minimum atomic E-state index is 0.0915. The van der Waals surface area contributed by atoms with Crippen LogP contribution in [0.5, 0.6) is 0 Å². The van der Waals surface area contributed by atoms with Gasteiger partial charge < -0.3 is 10.2 Å². The summed E-state index contributed by atoms with van der Waals surface area (Å²) >= 11 is 0. The van der Waals surface area contributed by atoms with Gasteiger partial charge in [-0.3, -0.25) is 0 Å². The smallest absolute Gasteiger partial charge is 0.317 e.